The van der Waals surface area contributed by atoms with Gasteiger partial charge in [0, 0.05) is 6.42 Å². The largest absolute Gasteiger partial charge is 0.465 e. The molecule has 0 aliphatic heterocycles. The molecule has 104 valence electrons. The highest BCUT2D eigenvalue weighted by Crippen LogP contribution is 2.11. The maximum atomic E-state index is 11.8. The fourth-order valence-corrected chi connectivity index (χ4v) is 1.50. The van der Waals surface area contributed by atoms with Crippen molar-refractivity contribution in [3.63, 3.8) is 0 Å². The van der Waals surface area contributed by atoms with Gasteiger partial charge in [0.05, 0.1) is 13.2 Å². The van der Waals surface area contributed by atoms with E-state index in [0.717, 1.165) is 12.8 Å². The van der Waals surface area contributed by atoms with E-state index in [2.05, 4.69) is 0 Å². The Balaban J connectivity index is 4.58. The Morgan fingerprint density at radius 3 is 1.78 bits per heavy atom. The van der Waals surface area contributed by atoms with Crippen molar-refractivity contribution in [2.45, 2.75) is 46.5 Å². The molecule has 0 bridgehead atoms. The monoisotopic (exact) mass is 258 g/mol. The van der Waals surface area contributed by atoms with Crippen molar-refractivity contribution >= 4 is 17.7 Å². The highest BCUT2D eigenvalue weighted by atomic mass is 16.6. The minimum Gasteiger partial charge on any atom is -0.465 e. The average Bonchev–Trinajstić information content (AvgIpc) is 2.30. The van der Waals surface area contributed by atoms with Crippen molar-refractivity contribution in [3.8, 4) is 0 Å². The standard InChI is InChI=1S/C13H22O5/c1-4-7-8-9-10(14)11(12(15)17-5-2)13(16)18-6-3/h11H,4-9H2,1-3H3. The summed E-state index contributed by atoms with van der Waals surface area (Å²) >= 11 is 0. The van der Waals surface area contributed by atoms with Crippen molar-refractivity contribution in [1.29, 1.82) is 0 Å². The molecule has 5 nitrogen and oxygen atoms in total. The molecule has 0 radical (unpaired) electrons. The van der Waals surface area contributed by atoms with Gasteiger partial charge in [0.2, 0.25) is 5.92 Å². The smallest absolute Gasteiger partial charge is 0.328 e. The summed E-state index contributed by atoms with van der Waals surface area (Å²) in [5.41, 5.74) is 0. The van der Waals surface area contributed by atoms with Gasteiger partial charge >= 0.3 is 11.9 Å². The van der Waals surface area contributed by atoms with Gasteiger partial charge in [0.25, 0.3) is 0 Å². The summed E-state index contributed by atoms with van der Waals surface area (Å²) in [5, 5.41) is 0. The van der Waals surface area contributed by atoms with Crippen molar-refractivity contribution in [3.05, 3.63) is 0 Å². The number of carbonyl (C=O) groups excluding carboxylic acids is 3. The lowest BCUT2D eigenvalue weighted by molar-refractivity contribution is -0.164. The minimum absolute atomic E-state index is 0.136. The maximum Gasteiger partial charge on any atom is 0.328 e. The van der Waals surface area contributed by atoms with Gasteiger partial charge in [-0.2, -0.15) is 0 Å². The summed E-state index contributed by atoms with van der Waals surface area (Å²) in [6.07, 6.45) is 2.74. The van der Waals surface area contributed by atoms with E-state index in [9.17, 15) is 14.4 Å². The number of esters is 2. The minimum atomic E-state index is -1.42. The van der Waals surface area contributed by atoms with Crippen LogP contribution in [0.5, 0.6) is 0 Å². The summed E-state index contributed by atoms with van der Waals surface area (Å²) in [7, 11) is 0. The molecule has 0 aliphatic carbocycles. The zero-order chi connectivity index (χ0) is 14.0. The van der Waals surface area contributed by atoms with Crippen LogP contribution in [0.4, 0.5) is 0 Å². The Labute approximate surface area is 108 Å². The summed E-state index contributed by atoms with van der Waals surface area (Å²) in [5.74, 6) is -3.45. The van der Waals surface area contributed by atoms with E-state index in [1.165, 1.54) is 0 Å². The predicted molar refractivity (Wildman–Crippen MR) is 65.9 cm³/mol. The molecule has 0 aromatic carbocycles. The Hall–Kier alpha value is -1.39. The van der Waals surface area contributed by atoms with Crippen molar-refractivity contribution in [1.82, 2.24) is 0 Å². The Morgan fingerprint density at radius 2 is 1.39 bits per heavy atom. The molecule has 0 amide bonds. The number of ether oxygens (including phenoxy) is 2. The van der Waals surface area contributed by atoms with Crippen LogP contribution in [0.25, 0.3) is 0 Å². The second kappa shape index (κ2) is 9.62. The van der Waals surface area contributed by atoms with Crippen molar-refractivity contribution < 1.29 is 23.9 Å². The fourth-order valence-electron chi connectivity index (χ4n) is 1.50. The van der Waals surface area contributed by atoms with Gasteiger partial charge < -0.3 is 9.47 Å². The van der Waals surface area contributed by atoms with Crippen LogP contribution in [0.3, 0.4) is 0 Å². The highest BCUT2D eigenvalue weighted by Gasteiger charge is 2.35. The lowest BCUT2D eigenvalue weighted by Crippen LogP contribution is -2.34. The number of rotatable bonds is 9. The predicted octanol–water partition coefficient (Wildman–Crippen LogP) is 1.88. The Morgan fingerprint density at radius 1 is 0.889 bits per heavy atom. The molecule has 0 aliphatic rings. The Kier molecular flexibility index (Phi) is 8.88. The van der Waals surface area contributed by atoms with Gasteiger partial charge in [0.15, 0.2) is 5.78 Å². The number of hydrogen-bond donors (Lipinski definition) is 0. The number of ketones is 1. The molecule has 0 saturated heterocycles. The maximum absolute atomic E-state index is 11.8. The first-order valence-electron chi connectivity index (χ1n) is 6.44. The van der Waals surface area contributed by atoms with Crippen LogP contribution in [0.15, 0.2) is 0 Å². The molecule has 0 aromatic heterocycles. The molecule has 0 heterocycles. The molecule has 0 spiro atoms. The van der Waals surface area contributed by atoms with Gasteiger partial charge in [-0.25, -0.2) is 0 Å². The van der Waals surface area contributed by atoms with Crippen LogP contribution in [0, 0.1) is 5.92 Å². The van der Waals surface area contributed by atoms with E-state index in [0.29, 0.717) is 6.42 Å². The van der Waals surface area contributed by atoms with E-state index in [4.69, 9.17) is 9.47 Å². The van der Waals surface area contributed by atoms with Crippen LogP contribution < -0.4 is 0 Å². The molecule has 0 N–H and O–H groups in total. The second-order valence-corrected chi connectivity index (χ2v) is 3.86. The van der Waals surface area contributed by atoms with Crippen LogP contribution >= 0.6 is 0 Å². The van der Waals surface area contributed by atoms with Gasteiger partial charge in [-0.05, 0) is 20.3 Å². The molecular weight excluding hydrogens is 236 g/mol. The molecule has 0 unspecified atom stereocenters. The molecule has 18 heavy (non-hydrogen) atoms. The molecule has 0 atom stereocenters. The average molecular weight is 258 g/mol. The topological polar surface area (TPSA) is 69.7 Å². The first-order chi connectivity index (χ1) is 8.58. The van der Waals surface area contributed by atoms with Crippen LogP contribution in [-0.2, 0) is 23.9 Å². The molecule has 0 aromatic rings. The second-order valence-electron chi connectivity index (χ2n) is 3.86. The number of Topliss-reactive ketones (excluding diaryl/α,β-unsaturated/α-hetero) is 1. The molecule has 0 saturated carbocycles. The van der Waals surface area contributed by atoms with Crippen LogP contribution in [-0.4, -0.2) is 30.9 Å². The third kappa shape index (κ3) is 5.80. The first kappa shape index (κ1) is 16.6. The third-order valence-corrected chi connectivity index (χ3v) is 2.39. The first-order valence-corrected chi connectivity index (χ1v) is 6.44. The fraction of sp³-hybridized carbons (Fsp3) is 0.769. The number of hydrogen-bond acceptors (Lipinski definition) is 5. The van der Waals surface area contributed by atoms with Crippen LogP contribution in [0.1, 0.15) is 46.5 Å². The normalized spacial score (nSPS) is 10.2. The van der Waals surface area contributed by atoms with Gasteiger partial charge in [-0.15, -0.1) is 0 Å². The lowest BCUT2D eigenvalue weighted by Gasteiger charge is -2.13. The lowest BCUT2D eigenvalue weighted by atomic mass is 9.99. The van der Waals surface area contributed by atoms with E-state index in [-0.39, 0.29) is 19.6 Å². The summed E-state index contributed by atoms with van der Waals surface area (Å²) in [6.45, 7) is 5.54. The van der Waals surface area contributed by atoms with E-state index < -0.39 is 23.6 Å². The van der Waals surface area contributed by atoms with E-state index in [1.807, 2.05) is 6.92 Å². The molecular formula is C13H22O5. The van der Waals surface area contributed by atoms with Crippen molar-refractivity contribution in [2.24, 2.45) is 5.92 Å². The summed E-state index contributed by atoms with van der Waals surface area (Å²) in [6, 6.07) is 0. The zero-order valence-electron chi connectivity index (χ0n) is 11.4. The SMILES string of the molecule is CCCCCC(=O)C(C(=O)OCC)C(=O)OCC. The van der Waals surface area contributed by atoms with Crippen molar-refractivity contribution in [2.75, 3.05) is 13.2 Å². The summed E-state index contributed by atoms with van der Waals surface area (Å²) < 4.78 is 9.48. The highest BCUT2D eigenvalue weighted by molar-refractivity contribution is 6.14. The van der Waals surface area contributed by atoms with Crippen LogP contribution in [0.2, 0.25) is 0 Å². The molecule has 0 fully saturated rings. The zero-order valence-corrected chi connectivity index (χ0v) is 11.4. The number of unbranched alkanes of at least 4 members (excludes halogenated alkanes) is 2. The molecule has 5 heteroatoms. The van der Waals surface area contributed by atoms with Gasteiger partial charge in [0.1, 0.15) is 0 Å². The van der Waals surface area contributed by atoms with Gasteiger partial charge in [-0.1, -0.05) is 19.8 Å². The van der Waals surface area contributed by atoms with E-state index in [1.54, 1.807) is 13.8 Å². The quantitative estimate of drug-likeness (QED) is 0.359. The Bertz CT molecular complexity index is 267. The van der Waals surface area contributed by atoms with Gasteiger partial charge in [-0.3, -0.25) is 14.4 Å². The third-order valence-electron chi connectivity index (χ3n) is 2.39. The molecule has 0 rings (SSSR count). The summed E-state index contributed by atoms with van der Waals surface area (Å²) in [4.78, 5) is 35.0. The van der Waals surface area contributed by atoms with E-state index >= 15 is 0 Å². The number of carbonyl (C=O) groups is 3.